The molecule has 2 aromatic rings. The van der Waals surface area contributed by atoms with Crippen LogP contribution in [0.1, 0.15) is 59.7 Å². The minimum atomic E-state index is -0.0342. The molecule has 4 heteroatoms. The number of hydrogen-bond donors (Lipinski definition) is 0. The summed E-state index contributed by atoms with van der Waals surface area (Å²) in [6.07, 6.45) is 6.89. The van der Waals surface area contributed by atoms with E-state index in [-0.39, 0.29) is 11.9 Å². The number of amides is 1. The van der Waals surface area contributed by atoms with E-state index in [2.05, 4.69) is 6.07 Å². The Bertz CT molecular complexity index is 779. The first-order valence-electron chi connectivity index (χ1n) is 8.19. The van der Waals surface area contributed by atoms with E-state index in [0.29, 0.717) is 22.7 Å². The van der Waals surface area contributed by atoms with Crippen LogP contribution in [0.3, 0.4) is 0 Å². The van der Waals surface area contributed by atoms with E-state index in [1.54, 1.807) is 18.4 Å². The summed E-state index contributed by atoms with van der Waals surface area (Å²) in [6.45, 7) is 0. The average molecular weight is 306 g/mol. The first-order valence-corrected chi connectivity index (χ1v) is 8.19. The molecule has 2 fully saturated rings. The van der Waals surface area contributed by atoms with Crippen molar-refractivity contribution in [3.63, 3.8) is 0 Å². The van der Waals surface area contributed by atoms with Gasteiger partial charge in [-0.25, -0.2) is 0 Å². The molecule has 0 aliphatic heterocycles. The Labute approximate surface area is 135 Å². The standard InChI is InChI=1S/C19H18N2O2/c20-12-14-4-1-2-7-17(14)21(15-5-3-6-15)19(22)16-10-11-23-18(16)13-8-9-13/h1-2,4,7,10-11,13,15H,3,5-6,8-9H2. The molecule has 1 amide bonds. The molecule has 116 valence electrons. The fourth-order valence-corrected chi connectivity index (χ4v) is 3.18. The number of para-hydroxylation sites is 1. The normalized spacial score (nSPS) is 17.3. The minimum absolute atomic E-state index is 0.0342. The zero-order valence-electron chi connectivity index (χ0n) is 12.9. The third kappa shape index (κ3) is 2.43. The van der Waals surface area contributed by atoms with Crippen LogP contribution in [0.2, 0.25) is 0 Å². The SMILES string of the molecule is N#Cc1ccccc1N(C(=O)c1ccoc1C1CC1)C1CCC1. The summed E-state index contributed by atoms with van der Waals surface area (Å²) in [4.78, 5) is 15.0. The number of furan rings is 1. The van der Waals surface area contributed by atoms with Gasteiger partial charge in [0.2, 0.25) is 0 Å². The first kappa shape index (κ1) is 14.1. The Hall–Kier alpha value is -2.54. The Morgan fingerprint density at radius 2 is 1.96 bits per heavy atom. The van der Waals surface area contributed by atoms with Gasteiger partial charge in [-0.05, 0) is 50.3 Å². The third-order valence-corrected chi connectivity index (χ3v) is 4.82. The van der Waals surface area contributed by atoms with E-state index in [1.165, 1.54) is 0 Å². The van der Waals surface area contributed by atoms with Gasteiger partial charge in [-0.2, -0.15) is 5.26 Å². The molecule has 0 spiro atoms. The Balaban J connectivity index is 1.75. The van der Waals surface area contributed by atoms with Gasteiger partial charge in [0.15, 0.2) is 0 Å². The Morgan fingerprint density at radius 3 is 2.61 bits per heavy atom. The molecule has 4 nitrogen and oxygen atoms in total. The predicted molar refractivity (Wildman–Crippen MR) is 86.3 cm³/mol. The quantitative estimate of drug-likeness (QED) is 0.849. The minimum Gasteiger partial charge on any atom is -0.468 e. The molecule has 0 atom stereocenters. The number of nitrogens with zero attached hydrogens (tertiary/aromatic N) is 2. The van der Waals surface area contributed by atoms with Gasteiger partial charge >= 0.3 is 0 Å². The topological polar surface area (TPSA) is 57.2 Å². The second kappa shape index (κ2) is 5.58. The van der Waals surface area contributed by atoms with Gasteiger partial charge in [0, 0.05) is 12.0 Å². The van der Waals surface area contributed by atoms with Gasteiger partial charge in [0.1, 0.15) is 11.8 Å². The summed E-state index contributed by atoms with van der Waals surface area (Å²) < 4.78 is 5.57. The summed E-state index contributed by atoms with van der Waals surface area (Å²) in [5.41, 5.74) is 1.92. The van der Waals surface area contributed by atoms with Crippen LogP contribution >= 0.6 is 0 Å². The number of benzene rings is 1. The molecule has 2 aliphatic carbocycles. The lowest BCUT2D eigenvalue weighted by atomic mass is 9.90. The van der Waals surface area contributed by atoms with Gasteiger partial charge in [-0.3, -0.25) is 4.79 Å². The number of nitriles is 1. The Kier molecular flexibility index (Phi) is 3.42. The highest BCUT2D eigenvalue weighted by molar-refractivity contribution is 6.08. The van der Waals surface area contributed by atoms with Crippen molar-refractivity contribution in [3.8, 4) is 6.07 Å². The lowest BCUT2D eigenvalue weighted by molar-refractivity contribution is 0.0962. The van der Waals surface area contributed by atoms with Crippen LogP contribution in [0.25, 0.3) is 0 Å². The molecule has 4 rings (SSSR count). The van der Waals surface area contributed by atoms with Crippen molar-refractivity contribution in [2.75, 3.05) is 4.90 Å². The lowest BCUT2D eigenvalue weighted by Crippen LogP contribution is -2.45. The molecule has 0 saturated heterocycles. The average Bonchev–Trinajstić information content (AvgIpc) is 3.27. The van der Waals surface area contributed by atoms with Crippen LogP contribution in [0, 0.1) is 11.3 Å². The highest BCUT2D eigenvalue weighted by Crippen LogP contribution is 2.43. The molecular weight excluding hydrogens is 288 g/mol. The van der Waals surface area contributed by atoms with Crippen molar-refractivity contribution < 1.29 is 9.21 Å². The van der Waals surface area contributed by atoms with Crippen LogP contribution in [0.5, 0.6) is 0 Å². The van der Waals surface area contributed by atoms with Crippen molar-refractivity contribution in [2.24, 2.45) is 0 Å². The summed E-state index contributed by atoms with van der Waals surface area (Å²) in [5.74, 6) is 1.17. The highest BCUT2D eigenvalue weighted by atomic mass is 16.3. The van der Waals surface area contributed by atoms with Gasteiger partial charge < -0.3 is 9.32 Å². The number of carbonyl (C=O) groups is 1. The summed E-state index contributed by atoms with van der Waals surface area (Å²) in [7, 11) is 0. The third-order valence-electron chi connectivity index (χ3n) is 4.82. The fraction of sp³-hybridized carbons (Fsp3) is 0.368. The zero-order valence-corrected chi connectivity index (χ0v) is 12.9. The van der Waals surface area contributed by atoms with Gasteiger partial charge in [0.25, 0.3) is 5.91 Å². The van der Waals surface area contributed by atoms with E-state index in [4.69, 9.17) is 4.42 Å². The molecule has 0 radical (unpaired) electrons. The lowest BCUT2D eigenvalue weighted by Gasteiger charge is -2.38. The van der Waals surface area contributed by atoms with Crippen molar-refractivity contribution in [1.29, 1.82) is 5.26 Å². The predicted octanol–water partition coefficient (Wildman–Crippen LogP) is 4.23. The summed E-state index contributed by atoms with van der Waals surface area (Å²) in [6, 6.07) is 11.5. The maximum absolute atomic E-state index is 13.2. The molecule has 23 heavy (non-hydrogen) atoms. The molecule has 0 N–H and O–H groups in total. The van der Waals surface area contributed by atoms with Crippen molar-refractivity contribution in [3.05, 3.63) is 53.5 Å². The van der Waals surface area contributed by atoms with Crippen LogP contribution in [0.15, 0.2) is 41.0 Å². The molecule has 0 bridgehead atoms. The van der Waals surface area contributed by atoms with Crippen molar-refractivity contribution in [2.45, 2.75) is 44.1 Å². The van der Waals surface area contributed by atoms with Crippen molar-refractivity contribution >= 4 is 11.6 Å². The van der Waals surface area contributed by atoms with Gasteiger partial charge in [-0.15, -0.1) is 0 Å². The van der Waals surface area contributed by atoms with Crippen LogP contribution in [-0.4, -0.2) is 11.9 Å². The number of hydrogen-bond acceptors (Lipinski definition) is 3. The number of rotatable bonds is 4. The van der Waals surface area contributed by atoms with Crippen molar-refractivity contribution in [1.82, 2.24) is 0 Å². The summed E-state index contributed by atoms with van der Waals surface area (Å²) >= 11 is 0. The fourth-order valence-electron chi connectivity index (χ4n) is 3.18. The van der Waals surface area contributed by atoms with E-state index in [9.17, 15) is 10.1 Å². The Morgan fingerprint density at radius 1 is 1.17 bits per heavy atom. The molecule has 1 aromatic carbocycles. The maximum Gasteiger partial charge on any atom is 0.262 e. The molecule has 0 unspecified atom stereocenters. The summed E-state index contributed by atoms with van der Waals surface area (Å²) in [5, 5.41) is 9.40. The number of carbonyl (C=O) groups excluding carboxylic acids is 1. The molecule has 2 aliphatic rings. The molecule has 1 heterocycles. The highest BCUT2D eigenvalue weighted by Gasteiger charge is 2.37. The van der Waals surface area contributed by atoms with E-state index >= 15 is 0 Å². The van der Waals surface area contributed by atoms with Crippen LogP contribution in [-0.2, 0) is 0 Å². The number of anilines is 1. The van der Waals surface area contributed by atoms with Gasteiger partial charge in [-0.1, -0.05) is 12.1 Å². The van der Waals surface area contributed by atoms with Crippen LogP contribution in [0.4, 0.5) is 5.69 Å². The maximum atomic E-state index is 13.2. The smallest absolute Gasteiger partial charge is 0.262 e. The second-order valence-corrected chi connectivity index (χ2v) is 6.36. The largest absolute Gasteiger partial charge is 0.468 e. The van der Waals surface area contributed by atoms with E-state index in [1.807, 2.05) is 23.1 Å². The first-order chi connectivity index (χ1) is 11.3. The van der Waals surface area contributed by atoms with E-state index < -0.39 is 0 Å². The second-order valence-electron chi connectivity index (χ2n) is 6.36. The van der Waals surface area contributed by atoms with Crippen LogP contribution < -0.4 is 4.90 Å². The monoisotopic (exact) mass is 306 g/mol. The zero-order chi connectivity index (χ0) is 15.8. The van der Waals surface area contributed by atoms with Gasteiger partial charge in [0.05, 0.1) is 23.1 Å². The molecule has 2 saturated carbocycles. The molecule has 1 aromatic heterocycles. The van der Waals surface area contributed by atoms with E-state index in [0.717, 1.165) is 37.9 Å². The molecular formula is C19H18N2O2.